The van der Waals surface area contributed by atoms with Crippen LogP contribution in [0.5, 0.6) is 0 Å². The second-order valence-electron chi connectivity index (χ2n) is 8.14. The van der Waals surface area contributed by atoms with Crippen molar-refractivity contribution in [1.82, 2.24) is 15.2 Å². The summed E-state index contributed by atoms with van der Waals surface area (Å²) in [5.41, 5.74) is 2.07. The third-order valence-electron chi connectivity index (χ3n) is 6.08. The smallest absolute Gasteiger partial charge is 0.328 e. The molecule has 0 bridgehead atoms. The van der Waals surface area contributed by atoms with Gasteiger partial charge in [0, 0.05) is 22.8 Å². The van der Waals surface area contributed by atoms with Gasteiger partial charge in [-0.1, -0.05) is 18.2 Å². The zero-order valence-electron chi connectivity index (χ0n) is 18.1. The molecular formula is C24H23N3O6. The third kappa shape index (κ3) is 4.01. The minimum absolute atomic E-state index is 0.107. The van der Waals surface area contributed by atoms with Crippen molar-refractivity contribution in [2.24, 2.45) is 0 Å². The molecule has 2 aliphatic rings. The van der Waals surface area contributed by atoms with Gasteiger partial charge in [-0.3, -0.25) is 9.59 Å². The molecule has 2 aliphatic heterocycles. The summed E-state index contributed by atoms with van der Waals surface area (Å²) in [5.74, 6) is -2.34. The van der Waals surface area contributed by atoms with Crippen LogP contribution in [0.1, 0.15) is 16.8 Å². The van der Waals surface area contributed by atoms with Crippen LogP contribution in [-0.4, -0.2) is 72.9 Å². The number of para-hydroxylation sites is 1. The fourth-order valence-electron chi connectivity index (χ4n) is 4.44. The van der Waals surface area contributed by atoms with Crippen LogP contribution >= 0.6 is 0 Å². The molecule has 3 aromatic rings. The molecule has 2 amide bonds. The molecule has 0 unspecified atom stereocenters. The van der Waals surface area contributed by atoms with E-state index in [2.05, 4.69) is 10.3 Å². The molecule has 2 saturated heterocycles. The lowest BCUT2D eigenvalue weighted by molar-refractivity contribution is -0.152. The van der Waals surface area contributed by atoms with E-state index >= 15 is 0 Å². The average Bonchev–Trinajstić information content (AvgIpc) is 3.47. The lowest BCUT2D eigenvalue weighted by Crippen LogP contribution is -2.46. The molecule has 1 aromatic heterocycles. The summed E-state index contributed by atoms with van der Waals surface area (Å²) in [6.07, 6.45) is 0.199. The highest BCUT2D eigenvalue weighted by molar-refractivity contribution is 6.01. The molecule has 5 rings (SSSR count). The van der Waals surface area contributed by atoms with E-state index in [-0.39, 0.29) is 19.5 Å². The normalized spacial score (nSPS) is 19.3. The Hall–Kier alpha value is -3.56. The molecule has 9 nitrogen and oxygen atoms in total. The van der Waals surface area contributed by atoms with Crippen LogP contribution in [0.4, 0.5) is 0 Å². The Labute approximate surface area is 189 Å². The molecule has 1 atom stereocenters. The summed E-state index contributed by atoms with van der Waals surface area (Å²) in [6, 6.07) is 14.1. The number of hydrogen-bond acceptors (Lipinski definition) is 7. The Morgan fingerprint density at radius 1 is 1.09 bits per heavy atom. The fourth-order valence-corrected chi connectivity index (χ4v) is 4.44. The number of benzene rings is 2. The fraction of sp³-hybridized carbons (Fsp3) is 0.333. The van der Waals surface area contributed by atoms with Crippen molar-refractivity contribution in [2.45, 2.75) is 18.2 Å². The lowest BCUT2D eigenvalue weighted by Gasteiger charge is -2.23. The van der Waals surface area contributed by atoms with E-state index in [0.29, 0.717) is 18.8 Å². The zero-order chi connectivity index (χ0) is 23.0. The molecule has 170 valence electrons. The van der Waals surface area contributed by atoms with Crippen molar-refractivity contribution in [3.63, 3.8) is 0 Å². The number of pyridine rings is 1. The van der Waals surface area contributed by atoms with E-state index < -0.39 is 29.6 Å². The van der Waals surface area contributed by atoms with Crippen LogP contribution < -0.4 is 5.32 Å². The Balaban J connectivity index is 1.29. The molecule has 0 radical (unpaired) electrons. The quantitative estimate of drug-likeness (QED) is 0.477. The van der Waals surface area contributed by atoms with E-state index in [4.69, 9.17) is 14.2 Å². The molecule has 3 heterocycles. The number of aromatic nitrogens is 1. The summed E-state index contributed by atoms with van der Waals surface area (Å²) in [5, 5.41) is 4.46. The first-order valence-corrected chi connectivity index (χ1v) is 10.7. The van der Waals surface area contributed by atoms with E-state index in [1.54, 1.807) is 18.2 Å². The lowest BCUT2D eigenvalue weighted by atomic mass is 10.1. The van der Waals surface area contributed by atoms with E-state index in [1.165, 1.54) is 12.0 Å². The number of carbonyl (C=O) groups is 3. The molecule has 2 aromatic carbocycles. The first-order chi connectivity index (χ1) is 16.0. The van der Waals surface area contributed by atoms with Crippen molar-refractivity contribution >= 4 is 39.6 Å². The van der Waals surface area contributed by atoms with Crippen LogP contribution in [0.2, 0.25) is 0 Å². The van der Waals surface area contributed by atoms with E-state index in [1.807, 2.05) is 30.3 Å². The molecule has 1 spiro atoms. The summed E-state index contributed by atoms with van der Waals surface area (Å²) >= 11 is 0. The van der Waals surface area contributed by atoms with Crippen molar-refractivity contribution in [2.75, 3.05) is 33.4 Å². The van der Waals surface area contributed by atoms with Gasteiger partial charge in [0.1, 0.15) is 6.04 Å². The SMILES string of the molecule is COC(=O)[C@@H]1CC2(CN1C(=O)CNC(=O)c1ccc3nc4ccccc4cc3c1)OCCO2. The van der Waals surface area contributed by atoms with Crippen molar-refractivity contribution in [3.8, 4) is 0 Å². The van der Waals surface area contributed by atoms with Gasteiger partial charge in [-0.15, -0.1) is 0 Å². The molecule has 9 heteroatoms. The number of esters is 1. The maximum atomic E-state index is 12.9. The summed E-state index contributed by atoms with van der Waals surface area (Å²) in [4.78, 5) is 43.8. The van der Waals surface area contributed by atoms with Crippen LogP contribution in [0.25, 0.3) is 21.8 Å². The molecule has 0 aliphatic carbocycles. The van der Waals surface area contributed by atoms with Gasteiger partial charge in [-0.25, -0.2) is 9.78 Å². The molecule has 2 fully saturated rings. The van der Waals surface area contributed by atoms with E-state index in [0.717, 1.165) is 21.8 Å². The van der Waals surface area contributed by atoms with Crippen molar-refractivity contribution < 1.29 is 28.6 Å². The summed E-state index contributed by atoms with van der Waals surface area (Å²) < 4.78 is 16.2. The number of nitrogens with one attached hydrogen (secondary N) is 1. The third-order valence-corrected chi connectivity index (χ3v) is 6.08. The number of nitrogens with zero attached hydrogens (tertiary/aromatic N) is 2. The number of methoxy groups -OCH3 is 1. The van der Waals surface area contributed by atoms with Crippen LogP contribution in [0.15, 0.2) is 48.5 Å². The largest absolute Gasteiger partial charge is 0.467 e. The van der Waals surface area contributed by atoms with Gasteiger partial charge in [0.05, 0.1) is 44.4 Å². The second kappa shape index (κ2) is 8.42. The van der Waals surface area contributed by atoms with Gasteiger partial charge in [0.2, 0.25) is 5.91 Å². The Morgan fingerprint density at radius 3 is 2.64 bits per heavy atom. The highest BCUT2D eigenvalue weighted by Gasteiger charge is 2.52. The Morgan fingerprint density at radius 2 is 1.85 bits per heavy atom. The second-order valence-corrected chi connectivity index (χ2v) is 8.14. The van der Waals surface area contributed by atoms with Crippen LogP contribution in [0.3, 0.4) is 0 Å². The van der Waals surface area contributed by atoms with Crippen molar-refractivity contribution in [3.05, 3.63) is 54.1 Å². The van der Waals surface area contributed by atoms with Gasteiger partial charge < -0.3 is 24.4 Å². The van der Waals surface area contributed by atoms with Gasteiger partial charge in [-0.2, -0.15) is 0 Å². The number of fused-ring (bicyclic) bond motifs is 2. The summed E-state index contributed by atoms with van der Waals surface area (Å²) in [6.45, 7) is 0.643. The standard InChI is InChI=1S/C24H23N3O6/c1-31-23(30)20-12-24(32-8-9-33-24)14-27(20)21(28)13-25-22(29)16-6-7-19-17(11-16)10-15-4-2-3-5-18(15)26-19/h2-7,10-11,20H,8-9,12-14H2,1H3,(H,25,29)/t20-/m0/s1. The van der Waals surface area contributed by atoms with Gasteiger partial charge in [0.25, 0.3) is 5.91 Å². The molecule has 0 saturated carbocycles. The molecule has 33 heavy (non-hydrogen) atoms. The highest BCUT2D eigenvalue weighted by Crippen LogP contribution is 2.35. The number of rotatable bonds is 4. The van der Waals surface area contributed by atoms with Crippen LogP contribution in [-0.2, 0) is 23.8 Å². The number of carbonyl (C=O) groups excluding carboxylic acids is 3. The van der Waals surface area contributed by atoms with Gasteiger partial charge in [-0.05, 0) is 30.3 Å². The molecule has 1 N–H and O–H groups in total. The Kier molecular flexibility index (Phi) is 5.43. The highest BCUT2D eigenvalue weighted by atomic mass is 16.7. The first-order valence-electron chi connectivity index (χ1n) is 10.7. The van der Waals surface area contributed by atoms with Gasteiger partial charge >= 0.3 is 5.97 Å². The number of amides is 2. The zero-order valence-corrected chi connectivity index (χ0v) is 18.1. The predicted octanol–water partition coefficient (Wildman–Crippen LogP) is 1.63. The number of hydrogen-bond donors (Lipinski definition) is 1. The monoisotopic (exact) mass is 449 g/mol. The maximum absolute atomic E-state index is 12.9. The predicted molar refractivity (Wildman–Crippen MR) is 118 cm³/mol. The minimum Gasteiger partial charge on any atom is -0.467 e. The average molecular weight is 449 g/mol. The topological polar surface area (TPSA) is 107 Å². The van der Waals surface area contributed by atoms with E-state index in [9.17, 15) is 14.4 Å². The molecular weight excluding hydrogens is 426 g/mol. The number of ether oxygens (including phenoxy) is 3. The van der Waals surface area contributed by atoms with Gasteiger partial charge in [0.15, 0.2) is 5.79 Å². The number of likely N-dealkylation sites (tertiary alicyclic amines) is 1. The van der Waals surface area contributed by atoms with Crippen molar-refractivity contribution in [1.29, 1.82) is 0 Å². The Bertz CT molecular complexity index is 1250. The first kappa shape index (κ1) is 21.3. The minimum atomic E-state index is -0.993. The summed E-state index contributed by atoms with van der Waals surface area (Å²) in [7, 11) is 1.27. The van der Waals surface area contributed by atoms with Crippen LogP contribution in [0, 0.1) is 0 Å². The maximum Gasteiger partial charge on any atom is 0.328 e.